The molecule has 22 heavy (non-hydrogen) atoms. The SMILES string of the molecule is CCC[C@@H](C)NC(=O)C1CCN(S(=O)(=O)c2cccs2)CC1. The molecule has 2 rings (SSSR count). The Morgan fingerprint density at radius 2 is 2.14 bits per heavy atom. The summed E-state index contributed by atoms with van der Waals surface area (Å²) in [5, 5.41) is 4.79. The normalized spacial score (nSPS) is 19.0. The molecule has 1 N–H and O–H groups in total. The maximum Gasteiger partial charge on any atom is 0.252 e. The molecular formula is C15H24N2O3S2. The lowest BCUT2D eigenvalue weighted by atomic mass is 9.96. The van der Waals surface area contributed by atoms with Crippen molar-refractivity contribution in [2.45, 2.75) is 49.8 Å². The van der Waals surface area contributed by atoms with Gasteiger partial charge >= 0.3 is 0 Å². The summed E-state index contributed by atoms with van der Waals surface area (Å²) in [7, 11) is -3.38. The van der Waals surface area contributed by atoms with Crippen molar-refractivity contribution in [1.29, 1.82) is 0 Å². The second kappa shape index (κ2) is 7.57. The molecule has 1 aromatic heterocycles. The van der Waals surface area contributed by atoms with Crippen molar-refractivity contribution in [2.75, 3.05) is 13.1 Å². The lowest BCUT2D eigenvalue weighted by molar-refractivity contribution is -0.126. The van der Waals surface area contributed by atoms with Crippen LogP contribution in [0, 0.1) is 5.92 Å². The zero-order valence-corrected chi connectivity index (χ0v) is 14.8. The summed E-state index contributed by atoms with van der Waals surface area (Å²) in [5.74, 6) is -0.0109. The van der Waals surface area contributed by atoms with Crippen LogP contribution in [0.2, 0.25) is 0 Å². The molecule has 0 saturated carbocycles. The van der Waals surface area contributed by atoms with Crippen LogP contribution in [-0.4, -0.2) is 37.8 Å². The molecule has 1 aliphatic rings. The molecule has 0 aliphatic carbocycles. The first-order valence-electron chi connectivity index (χ1n) is 7.79. The molecule has 124 valence electrons. The predicted octanol–water partition coefficient (Wildman–Crippen LogP) is 2.45. The zero-order chi connectivity index (χ0) is 16.2. The van der Waals surface area contributed by atoms with Crippen LogP contribution in [-0.2, 0) is 14.8 Å². The Labute approximate surface area is 136 Å². The minimum Gasteiger partial charge on any atom is -0.353 e. The minimum atomic E-state index is -3.38. The number of piperidine rings is 1. The van der Waals surface area contributed by atoms with E-state index in [-0.39, 0.29) is 17.9 Å². The Balaban J connectivity index is 1.89. The summed E-state index contributed by atoms with van der Waals surface area (Å²) in [6.45, 7) is 4.94. The van der Waals surface area contributed by atoms with E-state index in [0.717, 1.165) is 12.8 Å². The van der Waals surface area contributed by atoms with Gasteiger partial charge in [-0.15, -0.1) is 11.3 Å². The van der Waals surface area contributed by atoms with Gasteiger partial charge in [0.15, 0.2) is 0 Å². The minimum absolute atomic E-state index is 0.0640. The molecule has 0 radical (unpaired) electrons. The number of nitrogens with zero attached hydrogens (tertiary/aromatic N) is 1. The van der Waals surface area contributed by atoms with Gasteiger partial charge in [-0.25, -0.2) is 8.42 Å². The van der Waals surface area contributed by atoms with Crippen LogP contribution in [0.5, 0.6) is 0 Å². The molecule has 5 nitrogen and oxygen atoms in total. The van der Waals surface area contributed by atoms with Crippen molar-refractivity contribution in [3.63, 3.8) is 0 Å². The summed E-state index contributed by atoms with van der Waals surface area (Å²) >= 11 is 1.24. The molecule has 1 atom stereocenters. The smallest absolute Gasteiger partial charge is 0.252 e. The largest absolute Gasteiger partial charge is 0.353 e. The van der Waals surface area contributed by atoms with Gasteiger partial charge in [0.05, 0.1) is 0 Å². The first kappa shape index (κ1) is 17.4. The average molecular weight is 345 g/mol. The highest BCUT2D eigenvalue weighted by atomic mass is 32.2. The summed E-state index contributed by atoms with van der Waals surface area (Å²) in [4.78, 5) is 12.2. The van der Waals surface area contributed by atoms with E-state index in [9.17, 15) is 13.2 Å². The zero-order valence-electron chi connectivity index (χ0n) is 13.1. The quantitative estimate of drug-likeness (QED) is 0.862. The number of thiophene rings is 1. The maximum atomic E-state index is 12.4. The number of amides is 1. The number of rotatable bonds is 6. The van der Waals surface area contributed by atoms with Crippen molar-refractivity contribution in [2.24, 2.45) is 5.92 Å². The third kappa shape index (κ3) is 4.08. The van der Waals surface area contributed by atoms with E-state index in [4.69, 9.17) is 0 Å². The molecule has 1 saturated heterocycles. The molecule has 1 aromatic rings. The molecule has 7 heteroatoms. The Kier molecular flexibility index (Phi) is 6.00. The number of nitrogens with one attached hydrogen (secondary N) is 1. The highest BCUT2D eigenvalue weighted by Gasteiger charge is 2.32. The van der Waals surface area contributed by atoms with Gasteiger partial charge in [0.25, 0.3) is 10.0 Å². The van der Waals surface area contributed by atoms with Gasteiger partial charge in [-0.05, 0) is 37.6 Å². The van der Waals surface area contributed by atoms with Gasteiger partial charge in [-0.2, -0.15) is 4.31 Å². The van der Waals surface area contributed by atoms with Crippen LogP contribution in [0.4, 0.5) is 0 Å². The number of sulfonamides is 1. The molecule has 1 aliphatic heterocycles. The predicted molar refractivity (Wildman–Crippen MR) is 88.3 cm³/mol. The second-order valence-corrected chi connectivity index (χ2v) is 8.92. The topological polar surface area (TPSA) is 66.5 Å². The average Bonchev–Trinajstić information content (AvgIpc) is 3.02. The number of hydrogen-bond donors (Lipinski definition) is 1. The fourth-order valence-corrected chi connectivity index (χ4v) is 5.38. The van der Waals surface area contributed by atoms with Gasteiger partial charge in [0.1, 0.15) is 4.21 Å². The lowest BCUT2D eigenvalue weighted by Crippen LogP contribution is -2.44. The van der Waals surface area contributed by atoms with E-state index in [1.165, 1.54) is 15.6 Å². The summed E-state index contributed by atoms with van der Waals surface area (Å²) in [6.07, 6.45) is 3.20. The first-order valence-corrected chi connectivity index (χ1v) is 10.1. The van der Waals surface area contributed by atoms with Crippen molar-refractivity contribution >= 4 is 27.3 Å². The van der Waals surface area contributed by atoms with E-state index in [0.29, 0.717) is 30.1 Å². The van der Waals surface area contributed by atoms with Gasteiger partial charge < -0.3 is 5.32 Å². The van der Waals surface area contributed by atoms with Crippen molar-refractivity contribution in [3.8, 4) is 0 Å². The third-order valence-corrected chi connectivity index (χ3v) is 7.30. The maximum absolute atomic E-state index is 12.4. The molecule has 0 unspecified atom stereocenters. The van der Waals surface area contributed by atoms with E-state index >= 15 is 0 Å². The van der Waals surface area contributed by atoms with Gasteiger partial charge in [0.2, 0.25) is 5.91 Å². The first-order chi connectivity index (χ1) is 10.4. The van der Waals surface area contributed by atoms with E-state index in [1.807, 2.05) is 6.92 Å². The van der Waals surface area contributed by atoms with Crippen molar-refractivity contribution < 1.29 is 13.2 Å². The van der Waals surface area contributed by atoms with Crippen LogP contribution in [0.3, 0.4) is 0 Å². The van der Waals surface area contributed by atoms with Crippen LogP contribution < -0.4 is 5.32 Å². The highest BCUT2D eigenvalue weighted by molar-refractivity contribution is 7.91. The van der Waals surface area contributed by atoms with Gasteiger partial charge in [0, 0.05) is 25.0 Å². The van der Waals surface area contributed by atoms with Crippen molar-refractivity contribution in [3.05, 3.63) is 17.5 Å². The number of carbonyl (C=O) groups excluding carboxylic acids is 1. The molecule has 1 amide bonds. The molecular weight excluding hydrogens is 320 g/mol. The molecule has 2 heterocycles. The third-order valence-electron chi connectivity index (χ3n) is 4.02. The van der Waals surface area contributed by atoms with E-state index in [2.05, 4.69) is 12.2 Å². The monoisotopic (exact) mass is 344 g/mol. The Morgan fingerprint density at radius 1 is 1.45 bits per heavy atom. The highest BCUT2D eigenvalue weighted by Crippen LogP contribution is 2.26. The van der Waals surface area contributed by atoms with Crippen LogP contribution in [0.25, 0.3) is 0 Å². The number of hydrogen-bond acceptors (Lipinski definition) is 4. The lowest BCUT2D eigenvalue weighted by Gasteiger charge is -2.30. The van der Waals surface area contributed by atoms with Crippen molar-refractivity contribution in [1.82, 2.24) is 9.62 Å². The summed E-state index contributed by atoms with van der Waals surface area (Å²) in [5.41, 5.74) is 0. The van der Waals surface area contributed by atoms with Crippen LogP contribution in [0.15, 0.2) is 21.7 Å². The summed E-state index contributed by atoms with van der Waals surface area (Å²) < 4.78 is 26.7. The summed E-state index contributed by atoms with van der Waals surface area (Å²) in [6, 6.07) is 3.56. The van der Waals surface area contributed by atoms with Gasteiger partial charge in [-0.3, -0.25) is 4.79 Å². The molecule has 0 bridgehead atoms. The Hall–Kier alpha value is -0.920. The van der Waals surface area contributed by atoms with Crippen LogP contribution >= 0.6 is 11.3 Å². The Morgan fingerprint density at radius 3 is 2.68 bits per heavy atom. The van der Waals surface area contributed by atoms with Crippen LogP contribution in [0.1, 0.15) is 39.5 Å². The fourth-order valence-electron chi connectivity index (χ4n) is 2.76. The molecule has 0 spiro atoms. The van der Waals surface area contributed by atoms with Gasteiger partial charge in [-0.1, -0.05) is 19.4 Å². The number of carbonyl (C=O) groups is 1. The van der Waals surface area contributed by atoms with E-state index in [1.54, 1.807) is 17.5 Å². The molecule has 0 aromatic carbocycles. The second-order valence-electron chi connectivity index (χ2n) is 5.81. The standard InChI is InChI=1S/C15H24N2O3S2/c1-3-5-12(2)16-15(18)13-7-9-17(10-8-13)22(19,20)14-6-4-11-21-14/h4,6,11-13H,3,5,7-10H2,1-2H3,(H,16,18)/t12-/m1/s1. The van der Waals surface area contributed by atoms with E-state index < -0.39 is 10.0 Å². The molecule has 1 fully saturated rings. The fraction of sp³-hybridized carbons (Fsp3) is 0.667. The Bertz CT molecular complexity index is 576.